The SMILES string of the molecule is CCOC(=O)c1cccc(N=Cc2ccc(N3CCCC3)cc2C)c1. The number of esters is 1. The van der Waals surface area contributed by atoms with Crippen molar-refractivity contribution in [3.8, 4) is 0 Å². The molecule has 0 atom stereocenters. The Morgan fingerprint density at radius 3 is 2.72 bits per heavy atom. The van der Waals surface area contributed by atoms with Crippen LogP contribution in [0.15, 0.2) is 47.5 Å². The summed E-state index contributed by atoms with van der Waals surface area (Å²) in [5.74, 6) is -0.314. The highest BCUT2D eigenvalue weighted by molar-refractivity contribution is 5.91. The highest BCUT2D eigenvalue weighted by atomic mass is 16.5. The van der Waals surface area contributed by atoms with Crippen LogP contribution in [0.5, 0.6) is 0 Å². The lowest BCUT2D eigenvalue weighted by Gasteiger charge is -2.18. The lowest BCUT2D eigenvalue weighted by atomic mass is 10.1. The van der Waals surface area contributed by atoms with Gasteiger partial charge in [-0.05, 0) is 68.1 Å². The van der Waals surface area contributed by atoms with Crippen molar-refractivity contribution in [3.63, 3.8) is 0 Å². The van der Waals surface area contributed by atoms with Crippen LogP contribution in [0.3, 0.4) is 0 Å². The number of nitrogens with zero attached hydrogens (tertiary/aromatic N) is 2. The van der Waals surface area contributed by atoms with Gasteiger partial charge in [-0.25, -0.2) is 4.79 Å². The molecule has 25 heavy (non-hydrogen) atoms. The van der Waals surface area contributed by atoms with E-state index in [1.54, 1.807) is 19.1 Å². The topological polar surface area (TPSA) is 41.9 Å². The number of ether oxygens (including phenoxy) is 1. The third-order valence-electron chi connectivity index (χ3n) is 4.43. The minimum atomic E-state index is -0.314. The minimum Gasteiger partial charge on any atom is -0.462 e. The van der Waals surface area contributed by atoms with Gasteiger partial charge in [-0.15, -0.1) is 0 Å². The Hall–Kier alpha value is -2.62. The molecular weight excluding hydrogens is 312 g/mol. The number of carbonyl (C=O) groups is 1. The molecule has 1 saturated heterocycles. The molecule has 130 valence electrons. The molecular formula is C21H24N2O2. The van der Waals surface area contributed by atoms with E-state index >= 15 is 0 Å². The largest absolute Gasteiger partial charge is 0.462 e. The van der Waals surface area contributed by atoms with Gasteiger partial charge in [0.05, 0.1) is 17.9 Å². The first-order valence-electron chi connectivity index (χ1n) is 8.84. The summed E-state index contributed by atoms with van der Waals surface area (Å²) >= 11 is 0. The fraction of sp³-hybridized carbons (Fsp3) is 0.333. The number of aliphatic imine (C=N–C) groups is 1. The maximum atomic E-state index is 11.8. The van der Waals surface area contributed by atoms with Gasteiger partial charge in [-0.3, -0.25) is 4.99 Å². The summed E-state index contributed by atoms with van der Waals surface area (Å²) in [5.41, 5.74) is 4.85. The van der Waals surface area contributed by atoms with Gasteiger partial charge in [0.1, 0.15) is 0 Å². The van der Waals surface area contributed by atoms with E-state index in [1.165, 1.54) is 24.1 Å². The molecule has 1 aliphatic rings. The molecule has 0 bridgehead atoms. The van der Waals surface area contributed by atoms with Gasteiger partial charge in [-0.1, -0.05) is 12.1 Å². The van der Waals surface area contributed by atoms with Crippen molar-refractivity contribution < 1.29 is 9.53 Å². The lowest BCUT2D eigenvalue weighted by Crippen LogP contribution is -2.17. The van der Waals surface area contributed by atoms with Crippen LogP contribution in [0, 0.1) is 6.92 Å². The number of hydrogen-bond donors (Lipinski definition) is 0. The Labute approximate surface area is 149 Å². The first kappa shape index (κ1) is 17.2. The summed E-state index contributed by atoms with van der Waals surface area (Å²) in [6.45, 7) is 6.57. The van der Waals surface area contributed by atoms with Crippen LogP contribution < -0.4 is 4.90 Å². The van der Waals surface area contributed by atoms with Gasteiger partial charge in [0.25, 0.3) is 0 Å². The molecule has 0 aromatic heterocycles. The second kappa shape index (κ2) is 7.97. The molecule has 0 saturated carbocycles. The van der Waals surface area contributed by atoms with Crippen LogP contribution in [0.1, 0.15) is 41.3 Å². The Morgan fingerprint density at radius 1 is 1.20 bits per heavy atom. The van der Waals surface area contributed by atoms with Crippen molar-refractivity contribution in [2.24, 2.45) is 4.99 Å². The van der Waals surface area contributed by atoms with Crippen molar-refractivity contribution in [3.05, 3.63) is 59.2 Å². The molecule has 4 nitrogen and oxygen atoms in total. The molecule has 1 fully saturated rings. The summed E-state index contributed by atoms with van der Waals surface area (Å²) in [6, 6.07) is 13.7. The van der Waals surface area contributed by atoms with Gasteiger partial charge in [-0.2, -0.15) is 0 Å². The maximum Gasteiger partial charge on any atom is 0.338 e. The van der Waals surface area contributed by atoms with E-state index in [2.05, 4.69) is 35.0 Å². The fourth-order valence-corrected chi connectivity index (χ4v) is 3.05. The standard InChI is InChI=1S/C21H24N2O2/c1-3-25-21(24)17-7-6-8-19(14-17)22-15-18-9-10-20(13-16(18)2)23-11-4-5-12-23/h6-10,13-15H,3-5,11-12H2,1-2H3. The Balaban J connectivity index is 1.75. The first-order valence-corrected chi connectivity index (χ1v) is 8.84. The van der Waals surface area contributed by atoms with Crippen LogP contribution in [0.2, 0.25) is 0 Å². The third kappa shape index (κ3) is 4.27. The highest BCUT2D eigenvalue weighted by Crippen LogP contribution is 2.23. The van der Waals surface area contributed by atoms with Crippen LogP contribution in [-0.4, -0.2) is 31.9 Å². The minimum absolute atomic E-state index is 0.314. The Kier molecular flexibility index (Phi) is 5.49. The summed E-state index contributed by atoms with van der Waals surface area (Å²) < 4.78 is 5.03. The molecule has 2 aromatic rings. The van der Waals surface area contributed by atoms with Crippen molar-refractivity contribution in [1.82, 2.24) is 0 Å². The van der Waals surface area contributed by atoms with Gasteiger partial charge in [0.2, 0.25) is 0 Å². The molecule has 0 unspecified atom stereocenters. The number of carbonyl (C=O) groups excluding carboxylic acids is 1. The molecule has 0 N–H and O–H groups in total. The van der Waals surface area contributed by atoms with Crippen molar-refractivity contribution in [1.29, 1.82) is 0 Å². The average Bonchev–Trinajstić information content (AvgIpc) is 3.16. The monoisotopic (exact) mass is 336 g/mol. The molecule has 3 rings (SSSR count). The third-order valence-corrected chi connectivity index (χ3v) is 4.43. The normalized spacial score (nSPS) is 14.2. The molecule has 2 aromatic carbocycles. The van der Waals surface area contributed by atoms with Crippen molar-refractivity contribution in [2.45, 2.75) is 26.7 Å². The van der Waals surface area contributed by atoms with E-state index < -0.39 is 0 Å². The first-order chi connectivity index (χ1) is 12.2. The number of benzene rings is 2. The molecule has 1 heterocycles. The van der Waals surface area contributed by atoms with E-state index in [-0.39, 0.29) is 5.97 Å². The molecule has 1 aliphatic heterocycles. The van der Waals surface area contributed by atoms with Crippen LogP contribution in [-0.2, 0) is 4.74 Å². The zero-order valence-corrected chi connectivity index (χ0v) is 14.9. The Morgan fingerprint density at radius 2 is 2.00 bits per heavy atom. The fourth-order valence-electron chi connectivity index (χ4n) is 3.05. The molecule has 0 aliphatic carbocycles. The second-order valence-electron chi connectivity index (χ2n) is 6.26. The highest BCUT2D eigenvalue weighted by Gasteiger charge is 2.12. The van der Waals surface area contributed by atoms with E-state index in [4.69, 9.17) is 4.74 Å². The van der Waals surface area contributed by atoms with Crippen molar-refractivity contribution >= 4 is 23.6 Å². The predicted molar refractivity (Wildman–Crippen MR) is 102 cm³/mol. The predicted octanol–water partition coefficient (Wildman–Crippen LogP) is 4.52. The molecule has 0 radical (unpaired) electrons. The smallest absolute Gasteiger partial charge is 0.338 e. The second-order valence-corrected chi connectivity index (χ2v) is 6.26. The number of anilines is 1. The molecule has 4 heteroatoms. The zero-order valence-electron chi connectivity index (χ0n) is 14.9. The van der Waals surface area contributed by atoms with Crippen molar-refractivity contribution in [2.75, 3.05) is 24.6 Å². The molecule has 0 spiro atoms. The summed E-state index contributed by atoms with van der Waals surface area (Å²) in [6.07, 6.45) is 4.41. The lowest BCUT2D eigenvalue weighted by molar-refractivity contribution is 0.0526. The summed E-state index contributed by atoms with van der Waals surface area (Å²) in [7, 11) is 0. The quantitative estimate of drug-likeness (QED) is 0.595. The van der Waals surface area contributed by atoms with E-state index in [9.17, 15) is 4.79 Å². The van der Waals surface area contributed by atoms with E-state index in [0.29, 0.717) is 12.2 Å². The number of hydrogen-bond acceptors (Lipinski definition) is 4. The number of rotatable bonds is 5. The van der Waals surface area contributed by atoms with Crippen LogP contribution in [0.25, 0.3) is 0 Å². The van der Waals surface area contributed by atoms with Gasteiger partial charge < -0.3 is 9.64 Å². The van der Waals surface area contributed by atoms with Crippen LogP contribution >= 0.6 is 0 Å². The van der Waals surface area contributed by atoms with E-state index in [0.717, 1.165) is 24.3 Å². The van der Waals surface area contributed by atoms with Gasteiger partial charge in [0.15, 0.2) is 0 Å². The number of aryl methyl sites for hydroxylation is 1. The van der Waals surface area contributed by atoms with Crippen LogP contribution in [0.4, 0.5) is 11.4 Å². The van der Waals surface area contributed by atoms with E-state index in [1.807, 2.05) is 18.3 Å². The maximum absolute atomic E-state index is 11.8. The average molecular weight is 336 g/mol. The Bertz CT molecular complexity index is 777. The zero-order chi connectivity index (χ0) is 17.6. The summed E-state index contributed by atoms with van der Waals surface area (Å²) in [4.78, 5) is 18.8. The molecule has 0 amide bonds. The van der Waals surface area contributed by atoms with Gasteiger partial charge >= 0.3 is 5.97 Å². The van der Waals surface area contributed by atoms with Gasteiger partial charge in [0, 0.05) is 25.0 Å². The summed E-state index contributed by atoms with van der Waals surface area (Å²) in [5, 5.41) is 0.